The number of hydrogen-bond acceptors (Lipinski definition) is 5. The van der Waals surface area contributed by atoms with Crippen LogP contribution in [0.4, 0.5) is 18.9 Å². The number of nitrogens with one attached hydrogen (secondary N) is 1. The van der Waals surface area contributed by atoms with Crippen LogP contribution in [0.1, 0.15) is 6.04 Å². The lowest BCUT2D eigenvalue weighted by Gasteiger charge is -2.26. The summed E-state index contributed by atoms with van der Waals surface area (Å²) in [7, 11) is -4.61. The molecular weight excluding hydrogens is 469 g/mol. The van der Waals surface area contributed by atoms with Crippen LogP contribution in [0.2, 0.25) is 0 Å². The van der Waals surface area contributed by atoms with Crippen LogP contribution in [0.5, 0.6) is 0 Å². The molecule has 1 aliphatic heterocycles. The van der Waals surface area contributed by atoms with Crippen molar-refractivity contribution in [3.63, 3.8) is 0 Å². The second-order valence-corrected chi connectivity index (χ2v) is 9.27. The van der Waals surface area contributed by atoms with Gasteiger partial charge in [-0.1, -0.05) is 12.1 Å². The summed E-state index contributed by atoms with van der Waals surface area (Å²) >= 11 is 0. The number of ether oxygens (including phenoxy) is 1. The van der Waals surface area contributed by atoms with E-state index in [1.165, 1.54) is 18.2 Å². The first kappa shape index (κ1) is 22.1. The zero-order valence-corrected chi connectivity index (χ0v) is 18.3. The van der Waals surface area contributed by atoms with Crippen LogP contribution in [-0.2, 0) is 14.8 Å². The van der Waals surface area contributed by atoms with E-state index in [1.54, 1.807) is 35.4 Å². The summed E-state index contributed by atoms with van der Waals surface area (Å²) in [5.74, 6) is -3.79. The molecule has 1 saturated heterocycles. The number of rotatable bonds is 6. The van der Waals surface area contributed by atoms with E-state index in [1.807, 2.05) is 4.72 Å². The first-order valence-electron chi connectivity index (χ1n) is 10.2. The van der Waals surface area contributed by atoms with Crippen LogP contribution in [0.3, 0.4) is 0 Å². The monoisotopic (exact) mass is 486 g/mol. The van der Waals surface area contributed by atoms with Crippen LogP contribution in [0.25, 0.3) is 22.4 Å². The number of anilines is 1. The first-order valence-corrected chi connectivity index (χ1v) is 11.7. The number of hydrogen-bond donors (Lipinski definition) is 1. The number of sulfonamides is 1. The van der Waals surface area contributed by atoms with Crippen molar-refractivity contribution in [1.29, 1.82) is 0 Å². The standard InChI is InChI=1S/C23H17F3N4O3S/c24-18-4-2-6-20(22(18)26)34(31,32)29-19-5-1-3-16(21(19)25)23-17(14-7-9-27-10-8-14)11-30(28-23)15-12-33-13-15/h1-11,15,29H,12-13H2. The topological polar surface area (TPSA) is 86.1 Å². The lowest BCUT2D eigenvalue weighted by atomic mass is 10.0. The molecule has 0 amide bonds. The van der Waals surface area contributed by atoms with Gasteiger partial charge in [0.1, 0.15) is 10.6 Å². The summed E-state index contributed by atoms with van der Waals surface area (Å²) in [5.41, 5.74) is 1.25. The van der Waals surface area contributed by atoms with Gasteiger partial charge in [-0.2, -0.15) is 5.10 Å². The molecule has 0 radical (unpaired) electrons. The number of aromatic nitrogens is 3. The van der Waals surface area contributed by atoms with Gasteiger partial charge in [-0.3, -0.25) is 14.4 Å². The fraction of sp³-hybridized carbons (Fsp3) is 0.130. The van der Waals surface area contributed by atoms with Crippen molar-refractivity contribution in [3.05, 3.63) is 84.6 Å². The predicted octanol–water partition coefficient (Wildman–Crippen LogP) is 4.40. The molecule has 34 heavy (non-hydrogen) atoms. The third kappa shape index (κ3) is 3.93. The quantitative estimate of drug-likeness (QED) is 0.437. The Labute approximate surface area is 192 Å². The molecule has 11 heteroatoms. The van der Waals surface area contributed by atoms with Gasteiger partial charge in [-0.05, 0) is 42.0 Å². The summed E-state index contributed by atoms with van der Waals surface area (Å²) in [6, 6.07) is 10.3. The minimum atomic E-state index is -4.61. The molecule has 1 N–H and O–H groups in total. The number of benzene rings is 2. The highest BCUT2D eigenvalue weighted by atomic mass is 32.2. The van der Waals surface area contributed by atoms with Gasteiger partial charge < -0.3 is 4.74 Å². The molecule has 0 spiro atoms. The Balaban J connectivity index is 1.58. The smallest absolute Gasteiger partial charge is 0.265 e. The maximum atomic E-state index is 15.6. The van der Waals surface area contributed by atoms with Gasteiger partial charge >= 0.3 is 0 Å². The SMILES string of the molecule is O=S(=O)(Nc1cccc(-c2nn(C3COC3)cc2-c2ccncc2)c1F)c1cccc(F)c1F. The van der Waals surface area contributed by atoms with Crippen molar-refractivity contribution < 1.29 is 26.3 Å². The van der Waals surface area contributed by atoms with Gasteiger partial charge in [0, 0.05) is 29.7 Å². The zero-order chi connectivity index (χ0) is 23.9. The summed E-state index contributed by atoms with van der Waals surface area (Å²) in [6.45, 7) is 0.941. The molecule has 2 aromatic carbocycles. The Morgan fingerprint density at radius 3 is 2.38 bits per heavy atom. The molecule has 5 rings (SSSR count). The van der Waals surface area contributed by atoms with Crippen LogP contribution in [-0.4, -0.2) is 36.4 Å². The second kappa shape index (κ2) is 8.58. The van der Waals surface area contributed by atoms with E-state index in [0.717, 1.165) is 23.8 Å². The van der Waals surface area contributed by atoms with E-state index in [-0.39, 0.29) is 17.3 Å². The molecule has 0 atom stereocenters. The largest absolute Gasteiger partial charge is 0.377 e. The van der Waals surface area contributed by atoms with Gasteiger partial charge in [0.25, 0.3) is 10.0 Å². The Morgan fingerprint density at radius 1 is 0.941 bits per heavy atom. The Kier molecular flexibility index (Phi) is 5.58. The van der Waals surface area contributed by atoms with E-state index in [2.05, 4.69) is 10.1 Å². The highest BCUT2D eigenvalue weighted by Crippen LogP contribution is 2.36. The van der Waals surface area contributed by atoms with Crippen molar-refractivity contribution in [2.24, 2.45) is 0 Å². The van der Waals surface area contributed by atoms with Crippen LogP contribution >= 0.6 is 0 Å². The predicted molar refractivity (Wildman–Crippen MR) is 118 cm³/mol. The number of nitrogens with zero attached hydrogens (tertiary/aromatic N) is 3. The molecule has 7 nitrogen and oxygen atoms in total. The van der Waals surface area contributed by atoms with Crippen molar-refractivity contribution >= 4 is 15.7 Å². The van der Waals surface area contributed by atoms with Crippen molar-refractivity contribution in [3.8, 4) is 22.4 Å². The van der Waals surface area contributed by atoms with Crippen LogP contribution in [0, 0.1) is 17.5 Å². The third-order valence-corrected chi connectivity index (χ3v) is 6.80. The summed E-state index contributed by atoms with van der Waals surface area (Å²) in [5, 5.41) is 4.55. The third-order valence-electron chi connectivity index (χ3n) is 5.42. The fourth-order valence-electron chi connectivity index (χ4n) is 3.58. The average molecular weight is 486 g/mol. The second-order valence-electron chi connectivity index (χ2n) is 7.62. The van der Waals surface area contributed by atoms with E-state index < -0.39 is 38.1 Å². The van der Waals surface area contributed by atoms with E-state index in [9.17, 15) is 17.2 Å². The van der Waals surface area contributed by atoms with Crippen LogP contribution in [0.15, 0.2) is 72.0 Å². The van der Waals surface area contributed by atoms with Gasteiger partial charge in [0.05, 0.1) is 24.9 Å². The molecule has 2 aromatic heterocycles. The molecule has 0 aliphatic carbocycles. The number of halogens is 3. The highest BCUT2D eigenvalue weighted by Gasteiger charge is 2.27. The Morgan fingerprint density at radius 2 is 1.68 bits per heavy atom. The highest BCUT2D eigenvalue weighted by molar-refractivity contribution is 7.92. The molecular formula is C23H17F3N4O3S. The molecule has 174 valence electrons. The molecule has 1 fully saturated rings. The first-order chi connectivity index (χ1) is 16.3. The number of pyridine rings is 1. The Hall–Kier alpha value is -3.70. The lowest BCUT2D eigenvalue weighted by molar-refractivity contribution is -0.0285. The Bertz CT molecular complexity index is 1470. The summed E-state index contributed by atoms with van der Waals surface area (Å²) < 4.78 is 77.5. The summed E-state index contributed by atoms with van der Waals surface area (Å²) in [4.78, 5) is 3.07. The zero-order valence-electron chi connectivity index (χ0n) is 17.5. The van der Waals surface area contributed by atoms with Gasteiger partial charge in [0.2, 0.25) is 0 Å². The molecule has 0 saturated carbocycles. The molecule has 0 unspecified atom stereocenters. The van der Waals surface area contributed by atoms with E-state index >= 15 is 4.39 Å². The molecule has 1 aliphatic rings. The fourth-order valence-corrected chi connectivity index (χ4v) is 4.73. The minimum Gasteiger partial charge on any atom is -0.377 e. The van der Waals surface area contributed by atoms with Crippen molar-refractivity contribution in [2.45, 2.75) is 10.9 Å². The van der Waals surface area contributed by atoms with Gasteiger partial charge in [-0.25, -0.2) is 21.6 Å². The van der Waals surface area contributed by atoms with Gasteiger partial charge in [0.15, 0.2) is 17.5 Å². The van der Waals surface area contributed by atoms with E-state index in [4.69, 9.17) is 4.74 Å². The molecule has 0 bridgehead atoms. The lowest BCUT2D eigenvalue weighted by Crippen LogP contribution is -2.30. The van der Waals surface area contributed by atoms with E-state index in [0.29, 0.717) is 18.8 Å². The maximum absolute atomic E-state index is 15.6. The molecule has 4 aromatic rings. The van der Waals surface area contributed by atoms with Crippen molar-refractivity contribution in [1.82, 2.24) is 14.8 Å². The van der Waals surface area contributed by atoms with Crippen molar-refractivity contribution in [2.75, 3.05) is 17.9 Å². The normalized spacial score (nSPS) is 14.1. The summed E-state index contributed by atoms with van der Waals surface area (Å²) in [6.07, 6.45) is 4.96. The van der Waals surface area contributed by atoms with Crippen LogP contribution < -0.4 is 4.72 Å². The molecule has 3 heterocycles. The van der Waals surface area contributed by atoms with Gasteiger partial charge in [-0.15, -0.1) is 0 Å². The average Bonchev–Trinajstić information content (AvgIpc) is 3.20. The maximum Gasteiger partial charge on any atom is 0.265 e. The minimum absolute atomic E-state index is 0.00460.